The molecule has 2 aromatic rings. The van der Waals surface area contributed by atoms with Crippen LogP contribution in [0, 0.1) is 0 Å². The number of hydrogen-bond donors (Lipinski definition) is 1. The first kappa shape index (κ1) is 12.4. The fourth-order valence-electron chi connectivity index (χ4n) is 2.93. The standard InChI is InChI=1S/C15H20N4/c1-19-14(15(16)10-6-3-7-11-15)17-13(18-19)12-8-4-2-5-9-12/h2,4-5,8-9H,3,6-7,10-11,16H2,1H3. The lowest BCUT2D eigenvalue weighted by Crippen LogP contribution is -2.41. The molecule has 1 aromatic carbocycles. The number of hydrogen-bond acceptors (Lipinski definition) is 3. The van der Waals surface area contributed by atoms with Crippen LogP contribution < -0.4 is 5.73 Å². The van der Waals surface area contributed by atoms with Gasteiger partial charge in [0.05, 0.1) is 5.54 Å². The van der Waals surface area contributed by atoms with Crippen molar-refractivity contribution in [1.82, 2.24) is 14.8 Å². The molecule has 19 heavy (non-hydrogen) atoms. The van der Waals surface area contributed by atoms with Gasteiger partial charge in [-0.3, -0.25) is 4.68 Å². The van der Waals surface area contributed by atoms with E-state index in [-0.39, 0.29) is 5.54 Å². The van der Waals surface area contributed by atoms with Gasteiger partial charge in [-0.1, -0.05) is 49.6 Å². The molecule has 1 heterocycles. The van der Waals surface area contributed by atoms with Gasteiger partial charge in [-0.15, -0.1) is 0 Å². The van der Waals surface area contributed by atoms with Gasteiger partial charge < -0.3 is 5.73 Å². The van der Waals surface area contributed by atoms with Gasteiger partial charge in [0, 0.05) is 12.6 Å². The third-order valence-electron chi connectivity index (χ3n) is 3.99. The highest BCUT2D eigenvalue weighted by Crippen LogP contribution is 2.34. The minimum Gasteiger partial charge on any atom is -0.319 e. The van der Waals surface area contributed by atoms with Gasteiger partial charge in [0.25, 0.3) is 0 Å². The summed E-state index contributed by atoms with van der Waals surface area (Å²) in [5.74, 6) is 1.69. The zero-order valence-corrected chi connectivity index (χ0v) is 11.3. The Labute approximate surface area is 113 Å². The third kappa shape index (κ3) is 2.28. The summed E-state index contributed by atoms with van der Waals surface area (Å²) in [5, 5.41) is 4.53. The number of benzene rings is 1. The van der Waals surface area contributed by atoms with Crippen molar-refractivity contribution >= 4 is 0 Å². The maximum Gasteiger partial charge on any atom is 0.181 e. The fourth-order valence-corrected chi connectivity index (χ4v) is 2.93. The van der Waals surface area contributed by atoms with Crippen LogP contribution in [0.25, 0.3) is 11.4 Å². The Kier molecular flexibility index (Phi) is 3.11. The highest BCUT2D eigenvalue weighted by Gasteiger charge is 2.34. The van der Waals surface area contributed by atoms with E-state index in [4.69, 9.17) is 10.7 Å². The van der Waals surface area contributed by atoms with E-state index in [1.165, 1.54) is 19.3 Å². The van der Waals surface area contributed by atoms with Crippen molar-refractivity contribution in [2.75, 3.05) is 0 Å². The first-order chi connectivity index (χ1) is 9.19. The molecule has 1 aliphatic carbocycles. The molecule has 0 atom stereocenters. The van der Waals surface area contributed by atoms with Gasteiger partial charge in [-0.05, 0) is 12.8 Å². The molecule has 0 bridgehead atoms. The molecular weight excluding hydrogens is 236 g/mol. The van der Waals surface area contributed by atoms with Crippen molar-refractivity contribution < 1.29 is 0 Å². The van der Waals surface area contributed by atoms with Gasteiger partial charge in [0.2, 0.25) is 0 Å². The Balaban J connectivity index is 1.98. The average molecular weight is 256 g/mol. The zero-order chi connectivity index (χ0) is 13.3. The van der Waals surface area contributed by atoms with E-state index in [0.717, 1.165) is 30.1 Å². The lowest BCUT2D eigenvalue weighted by Gasteiger charge is -2.31. The molecule has 4 heteroatoms. The van der Waals surface area contributed by atoms with E-state index in [0.29, 0.717) is 0 Å². The van der Waals surface area contributed by atoms with Gasteiger partial charge >= 0.3 is 0 Å². The summed E-state index contributed by atoms with van der Waals surface area (Å²) in [6, 6.07) is 10.1. The van der Waals surface area contributed by atoms with Crippen LogP contribution in [0.1, 0.15) is 37.9 Å². The molecule has 2 N–H and O–H groups in total. The van der Waals surface area contributed by atoms with Crippen molar-refractivity contribution in [2.45, 2.75) is 37.6 Å². The summed E-state index contributed by atoms with van der Waals surface area (Å²) in [4.78, 5) is 4.70. The van der Waals surface area contributed by atoms with Crippen LogP contribution in [0.2, 0.25) is 0 Å². The molecule has 100 valence electrons. The molecule has 1 saturated carbocycles. The maximum atomic E-state index is 6.55. The van der Waals surface area contributed by atoms with Gasteiger partial charge in [0.1, 0.15) is 5.82 Å². The van der Waals surface area contributed by atoms with Crippen molar-refractivity contribution in [1.29, 1.82) is 0 Å². The lowest BCUT2D eigenvalue weighted by molar-refractivity contribution is 0.278. The maximum absolute atomic E-state index is 6.55. The second kappa shape index (κ2) is 4.78. The van der Waals surface area contributed by atoms with Crippen LogP contribution in [0.5, 0.6) is 0 Å². The smallest absolute Gasteiger partial charge is 0.181 e. The number of aryl methyl sites for hydroxylation is 1. The SMILES string of the molecule is Cn1nc(-c2ccccc2)nc1C1(N)CCCCC1. The van der Waals surface area contributed by atoms with Crippen LogP contribution in [-0.4, -0.2) is 14.8 Å². The molecule has 0 amide bonds. The molecule has 0 radical (unpaired) electrons. The molecule has 4 nitrogen and oxygen atoms in total. The minimum absolute atomic E-state index is 0.299. The number of nitrogens with zero attached hydrogens (tertiary/aromatic N) is 3. The molecule has 1 fully saturated rings. The molecule has 0 saturated heterocycles. The van der Waals surface area contributed by atoms with Crippen molar-refractivity contribution in [3.63, 3.8) is 0 Å². The molecule has 3 rings (SSSR count). The topological polar surface area (TPSA) is 56.7 Å². The predicted octanol–water partition coefficient (Wildman–Crippen LogP) is 2.60. The molecular formula is C15H20N4. The number of aromatic nitrogens is 3. The largest absolute Gasteiger partial charge is 0.319 e. The van der Waals surface area contributed by atoms with E-state index in [1.807, 2.05) is 42.1 Å². The minimum atomic E-state index is -0.299. The summed E-state index contributed by atoms with van der Waals surface area (Å²) in [7, 11) is 1.94. The lowest BCUT2D eigenvalue weighted by atomic mass is 9.82. The number of rotatable bonds is 2. The normalized spacial score (nSPS) is 18.4. The quantitative estimate of drug-likeness (QED) is 0.898. The highest BCUT2D eigenvalue weighted by atomic mass is 15.3. The van der Waals surface area contributed by atoms with E-state index in [9.17, 15) is 0 Å². The van der Waals surface area contributed by atoms with Crippen LogP contribution in [-0.2, 0) is 12.6 Å². The molecule has 0 spiro atoms. The monoisotopic (exact) mass is 256 g/mol. The van der Waals surface area contributed by atoms with Gasteiger partial charge in [-0.25, -0.2) is 4.98 Å². The Hall–Kier alpha value is -1.68. The van der Waals surface area contributed by atoms with Crippen molar-refractivity contribution in [3.05, 3.63) is 36.2 Å². The van der Waals surface area contributed by atoms with E-state index in [2.05, 4.69) is 5.10 Å². The van der Waals surface area contributed by atoms with Crippen molar-refractivity contribution in [3.8, 4) is 11.4 Å². The third-order valence-corrected chi connectivity index (χ3v) is 3.99. The fraction of sp³-hybridized carbons (Fsp3) is 0.467. The second-order valence-corrected chi connectivity index (χ2v) is 5.47. The van der Waals surface area contributed by atoms with E-state index in [1.54, 1.807) is 0 Å². The molecule has 0 aliphatic heterocycles. The van der Waals surface area contributed by atoms with E-state index < -0.39 is 0 Å². The summed E-state index contributed by atoms with van der Waals surface area (Å²) >= 11 is 0. The Morgan fingerprint density at radius 3 is 2.47 bits per heavy atom. The summed E-state index contributed by atoms with van der Waals surface area (Å²) < 4.78 is 1.85. The summed E-state index contributed by atoms with van der Waals surface area (Å²) in [5.41, 5.74) is 7.30. The van der Waals surface area contributed by atoms with Crippen molar-refractivity contribution in [2.24, 2.45) is 12.8 Å². The Morgan fingerprint density at radius 1 is 1.11 bits per heavy atom. The predicted molar refractivity (Wildman–Crippen MR) is 75.4 cm³/mol. The number of nitrogens with two attached hydrogens (primary N) is 1. The second-order valence-electron chi connectivity index (χ2n) is 5.47. The Bertz CT molecular complexity index is 553. The van der Waals surface area contributed by atoms with E-state index >= 15 is 0 Å². The summed E-state index contributed by atoms with van der Waals surface area (Å²) in [6.07, 6.45) is 5.66. The van der Waals surface area contributed by atoms with Gasteiger partial charge in [0.15, 0.2) is 5.82 Å². The molecule has 1 aromatic heterocycles. The summed E-state index contributed by atoms with van der Waals surface area (Å²) in [6.45, 7) is 0. The molecule has 1 aliphatic rings. The molecule has 0 unspecified atom stereocenters. The van der Waals surface area contributed by atoms with Crippen LogP contribution in [0.4, 0.5) is 0 Å². The highest BCUT2D eigenvalue weighted by molar-refractivity contribution is 5.54. The van der Waals surface area contributed by atoms with Gasteiger partial charge in [-0.2, -0.15) is 5.10 Å². The van der Waals surface area contributed by atoms with Crippen LogP contribution in [0.3, 0.4) is 0 Å². The zero-order valence-electron chi connectivity index (χ0n) is 11.3. The Morgan fingerprint density at radius 2 is 1.79 bits per heavy atom. The van der Waals surface area contributed by atoms with Crippen LogP contribution in [0.15, 0.2) is 30.3 Å². The average Bonchev–Trinajstić information content (AvgIpc) is 2.84. The first-order valence-electron chi connectivity index (χ1n) is 6.95. The first-order valence-corrected chi connectivity index (χ1v) is 6.95. The van der Waals surface area contributed by atoms with Crippen LogP contribution >= 0.6 is 0 Å².